The average molecular weight is 309 g/mol. The van der Waals surface area contributed by atoms with Gasteiger partial charge in [0.25, 0.3) is 5.91 Å². The van der Waals surface area contributed by atoms with Crippen LogP contribution in [0, 0.1) is 11.7 Å². The minimum absolute atomic E-state index is 0.295. The summed E-state index contributed by atoms with van der Waals surface area (Å²) in [6.07, 6.45) is 2.38. The van der Waals surface area contributed by atoms with Gasteiger partial charge in [-0.25, -0.2) is 9.18 Å². The van der Waals surface area contributed by atoms with E-state index in [4.69, 9.17) is 4.74 Å². The van der Waals surface area contributed by atoms with Crippen molar-refractivity contribution in [2.45, 2.75) is 38.1 Å². The molecule has 0 saturated heterocycles. The summed E-state index contributed by atoms with van der Waals surface area (Å²) < 4.78 is 18.0. The minimum Gasteiger partial charge on any atom is -0.484 e. The van der Waals surface area contributed by atoms with Crippen molar-refractivity contribution in [1.29, 1.82) is 0 Å². The molecule has 1 aromatic carbocycles. The molecule has 1 aliphatic rings. The van der Waals surface area contributed by atoms with E-state index in [1.54, 1.807) is 0 Å². The van der Waals surface area contributed by atoms with Crippen molar-refractivity contribution >= 4 is 11.9 Å². The molecule has 1 saturated carbocycles. The lowest BCUT2D eigenvalue weighted by atomic mass is 9.77. The standard InChI is InChI=1S/C16H20FNO4/c1-11-6-8-16(9-7-11,15(20)21)18-14(19)10-22-13-4-2-12(17)3-5-13/h2-5,11H,6-10H2,1H3,(H,18,19)(H,20,21). The van der Waals surface area contributed by atoms with Crippen LogP contribution in [-0.2, 0) is 9.59 Å². The Morgan fingerprint density at radius 1 is 1.32 bits per heavy atom. The van der Waals surface area contributed by atoms with Crippen molar-refractivity contribution in [3.8, 4) is 5.75 Å². The van der Waals surface area contributed by atoms with Crippen LogP contribution < -0.4 is 10.1 Å². The van der Waals surface area contributed by atoms with Crippen LogP contribution in [0.4, 0.5) is 4.39 Å². The monoisotopic (exact) mass is 309 g/mol. The number of benzene rings is 1. The lowest BCUT2D eigenvalue weighted by Crippen LogP contribution is -2.57. The Morgan fingerprint density at radius 2 is 1.91 bits per heavy atom. The Bertz CT molecular complexity index is 536. The molecule has 0 aliphatic heterocycles. The van der Waals surface area contributed by atoms with Crippen molar-refractivity contribution in [2.75, 3.05) is 6.61 Å². The molecule has 0 radical (unpaired) electrons. The highest BCUT2D eigenvalue weighted by Gasteiger charge is 2.42. The Hall–Kier alpha value is -2.11. The molecule has 5 nitrogen and oxygen atoms in total. The third-order valence-electron chi connectivity index (χ3n) is 4.10. The maximum Gasteiger partial charge on any atom is 0.329 e. The van der Waals surface area contributed by atoms with E-state index in [-0.39, 0.29) is 6.61 Å². The number of carboxylic acids is 1. The highest BCUT2D eigenvalue weighted by molar-refractivity contribution is 5.87. The number of hydrogen-bond donors (Lipinski definition) is 2. The van der Waals surface area contributed by atoms with E-state index in [2.05, 4.69) is 12.2 Å². The van der Waals surface area contributed by atoms with E-state index >= 15 is 0 Å². The normalized spacial score (nSPS) is 24.5. The van der Waals surface area contributed by atoms with Crippen LogP contribution in [0.2, 0.25) is 0 Å². The molecule has 1 aromatic rings. The summed E-state index contributed by atoms with van der Waals surface area (Å²) in [5, 5.41) is 12.0. The number of rotatable bonds is 5. The third kappa shape index (κ3) is 3.96. The molecule has 0 atom stereocenters. The second-order valence-electron chi connectivity index (χ2n) is 5.86. The van der Waals surface area contributed by atoms with Crippen LogP contribution in [0.3, 0.4) is 0 Å². The fourth-order valence-corrected chi connectivity index (χ4v) is 2.63. The van der Waals surface area contributed by atoms with Gasteiger partial charge in [-0.05, 0) is 55.9 Å². The first-order valence-electron chi connectivity index (χ1n) is 7.34. The van der Waals surface area contributed by atoms with Gasteiger partial charge in [0, 0.05) is 0 Å². The first-order chi connectivity index (χ1) is 10.4. The molecule has 120 valence electrons. The van der Waals surface area contributed by atoms with Gasteiger partial charge in [-0.1, -0.05) is 6.92 Å². The Labute approximate surface area is 128 Å². The molecule has 0 heterocycles. The first kappa shape index (κ1) is 16.3. The van der Waals surface area contributed by atoms with Gasteiger partial charge in [-0.15, -0.1) is 0 Å². The minimum atomic E-state index is -1.20. The number of halogens is 1. The largest absolute Gasteiger partial charge is 0.484 e. The topological polar surface area (TPSA) is 75.6 Å². The maximum atomic E-state index is 12.8. The highest BCUT2D eigenvalue weighted by atomic mass is 19.1. The summed E-state index contributed by atoms with van der Waals surface area (Å²) in [7, 11) is 0. The SMILES string of the molecule is CC1CCC(NC(=O)COc2ccc(F)cc2)(C(=O)O)CC1. The zero-order chi connectivity index (χ0) is 16.2. The smallest absolute Gasteiger partial charge is 0.329 e. The molecule has 1 aliphatic carbocycles. The summed E-state index contributed by atoms with van der Waals surface area (Å²) in [6.45, 7) is 1.78. The average Bonchev–Trinajstić information content (AvgIpc) is 2.49. The molecule has 0 unspecified atom stereocenters. The maximum absolute atomic E-state index is 12.8. The highest BCUT2D eigenvalue weighted by Crippen LogP contribution is 2.32. The Kier molecular flexibility index (Phi) is 5.00. The Balaban J connectivity index is 1.91. The second-order valence-corrected chi connectivity index (χ2v) is 5.86. The zero-order valence-corrected chi connectivity index (χ0v) is 12.5. The quantitative estimate of drug-likeness (QED) is 0.875. The number of hydrogen-bond acceptors (Lipinski definition) is 3. The lowest BCUT2D eigenvalue weighted by Gasteiger charge is -2.36. The number of amides is 1. The Morgan fingerprint density at radius 3 is 2.45 bits per heavy atom. The van der Waals surface area contributed by atoms with Crippen molar-refractivity contribution in [2.24, 2.45) is 5.92 Å². The number of nitrogens with one attached hydrogen (secondary N) is 1. The van der Waals surface area contributed by atoms with Crippen LogP contribution in [-0.4, -0.2) is 29.1 Å². The summed E-state index contributed by atoms with van der Waals surface area (Å²) in [4.78, 5) is 23.5. The van der Waals surface area contributed by atoms with Crippen molar-refractivity contribution in [3.63, 3.8) is 0 Å². The van der Waals surface area contributed by atoms with Crippen LogP contribution in [0.15, 0.2) is 24.3 Å². The van der Waals surface area contributed by atoms with Gasteiger partial charge < -0.3 is 15.2 Å². The van der Waals surface area contributed by atoms with Gasteiger partial charge in [-0.2, -0.15) is 0 Å². The molecule has 2 rings (SSSR count). The predicted molar refractivity (Wildman–Crippen MR) is 78.0 cm³/mol. The lowest BCUT2D eigenvalue weighted by molar-refractivity contribution is -0.150. The van der Waals surface area contributed by atoms with Gasteiger partial charge in [0.05, 0.1) is 0 Å². The number of carbonyl (C=O) groups is 2. The van der Waals surface area contributed by atoms with Crippen molar-refractivity contribution in [1.82, 2.24) is 5.32 Å². The van der Waals surface area contributed by atoms with E-state index < -0.39 is 23.2 Å². The van der Waals surface area contributed by atoms with E-state index in [1.165, 1.54) is 24.3 Å². The first-order valence-corrected chi connectivity index (χ1v) is 7.34. The van der Waals surface area contributed by atoms with E-state index in [0.717, 1.165) is 12.8 Å². The van der Waals surface area contributed by atoms with Gasteiger partial charge in [-0.3, -0.25) is 4.79 Å². The number of carboxylic acid groups (broad SMARTS) is 1. The number of carbonyl (C=O) groups excluding carboxylic acids is 1. The summed E-state index contributed by atoms with van der Waals surface area (Å²) in [6, 6.07) is 5.29. The van der Waals surface area contributed by atoms with E-state index in [0.29, 0.717) is 24.5 Å². The predicted octanol–water partition coefficient (Wildman–Crippen LogP) is 2.35. The molecule has 0 spiro atoms. The van der Waals surface area contributed by atoms with Crippen LogP contribution in [0.1, 0.15) is 32.6 Å². The molecule has 1 amide bonds. The van der Waals surface area contributed by atoms with Gasteiger partial charge in [0.2, 0.25) is 0 Å². The van der Waals surface area contributed by atoms with Crippen LogP contribution in [0.5, 0.6) is 5.75 Å². The second kappa shape index (κ2) is 6.77. The molecule has 0 bridgehead atoms. The summed E-state index contributed by atoms with van der Waals surface area (Å²) in [5.41, 5.74) is -1.20. The van der Waals surface area contributed by atoms with Crippen molar-refractivity contribution < 1.29 is 23.8 Å². The summed E-state index contributed by atoms with van der Waals surface area (Å²) >= 11 is 0. The summed E-state index contributed by atoms with van der Waals surface area (Å²) in [5.74, 6) is -1.05. The molecule has 0 aromatic heterocycles. The molecule has 2 N–H and O–H groups in total. The van der Waals surface area contributed by atoms with E-state index in [1.807, 2.05) is 0 Å². The van der Waals surface area contributed by atoms with E-state index in [9.17, 15) is 19.1 Å². The number of ether oxygens (including phenoxy) is 1. The fourth-order valence-electron chi connectivity index (χ4n) is 2.63. The third-order valence-corrected chi connectivity index (χ3v) is 4.10. The van der Waals surface area contributed by atoms with Gasteiger partial charge >= 0.3 is 5.97 Å². The zero-order valence-electron chi connectivity index (χ0n) is 12.5. The van der Waals surface area contributed by atoms with Gasteiger partial charge in [0.15, 0.2) is 6.61 Å². The molecule has 22 heavy (non-hydrogen) atoms. The molecule has 1 fully saturated rings. The van der Waals surface area contributed by atoms with Crippen molar-refractivity contribution in [3.05, 3.63) is 30.1 Å². The molecule has 6 heteroatoms. The van der Waals surface area contributed by atoms with Crippen LogP contribution >= 0.6 is 0 Å². The van der Waals surface area contributed by atoms with Crippen LogP contribution in [0.25, 0.3) is 0 Å². The molecular formula is C16H20FNO4. The van der Waals surface area contributed by atoms with Gasteiger partial charge in [0.1, 0.15) is 17.1 Å². The fraction of sp³-hybridized carbons (Fsp3) is 0.500. The number of aliphatic carboxylic acids is 1. The molecular weight excluding hydrogens is 289 g/mol.